The summed E-state index contributed by atoms with van der Waals surface area (Å²) in [6, 6.07) is 3.90. The van der Waals surface area contributed by atoms with E-state index in [4.69, 9.17) is 9.26 Å². The number of hydrogen-bond acceptors (Lipinski definition) is 5. The van der Waals surface area contributed by atoms with Crippen LogP contribution in [0.3, 0.4) is 0 Å². The molecule has 2 rings (SSSR count). The van der Waals surface area contributed by atoms with E-state index in [9.17, 15) is 0 Å². The SMILES string of the molecule is COc1sc(CNCc2ccon2)cc1Br. The minimum absolute atomic E-state index is 0.703. The first kappa shape index (κ1) is 11.6. The molecule has 0 aromatic carbocycles. The largest absolute Gasteiger partial charge is 0.486 e. The number of halogens is 1. The number of thiophene rings is 1. The van der Waals surface area contributed by atoms with E-state index in [0.717, 1.165) is 21.8 Å². The van der Waals surface area contributed by atoms with Crippen LogP contribution in [0.1, 0.15) is 10.6 Å². The molecule has 86 valence electrons. The van der Waals surface area contributed by atoms with Crippen LogP contribution in [0.5, 0.6) is 5.06 Å². The highest BCUT2D eigenvalue weighted by Crippen LogP contribution is 2.34. The first-order chi connectivity index (χ1) is 7.79. The lowest BCUT2D eigenvalue weighted by atomic mass is 10.4. The molecule has 0 unspecified atom stereocenters. The van der Waals surface area contributed by atoms with Crippen LogP contribution in [0.25, 0.3) is 0 Å². The number of nitrogens with one attached hydrogen (secondary N) is 1. The standard InChI is InChI=1S/C10H11BrN2O2S/c1-14-10-9(11)4-8(16-10)6-12-5-7-2-3-15-13-7/h2-4,12H,5-6H2,1H3. The molecule has 0 aliphatic rings. The second kappa shape index (κ2) is 5.47. The quantitative estimate of drug-likeness (QED) is 0.922. The zero-order valence-electron chi connectivity index (χ0n) is 8.70. The number of aromatic nitrogens is 1. The average molecular weight is 303 g/mol. The van der Waals surface area contributed by atoms with Crippen molar-refractivity contribution < 1.29 is 9.26 Å². The zero-order valence-corrected chi connectivity index (χ0v) is 11.1. The highest BCUT2D eigenvalue weighted by molar-refractivity contribution is 9.10. The molecule has 0 spiro atoms. The maximum atomic E-state index is 5.19. The summed E-state index contributed by atoms with van der Waals surface area (Å²) in [7, 11) is 1.67. The number of nitrogens with zero attached hydrogens (tertiary/aromatic N) is 1. The van der Waals surface area contributed by atoms with Gasteiger partial charge in [0.15, 0.2) is 5.06 Å². The van der Waals surface area contributed by atoms with Gasteiger partial charge in [-0.25, -0.2) is 0 Å². The van der Waals surface area contributed by atoms with Crippen molar-refractivity contribution in [1.29, 1.82) is 0 Å². The van der Waals surface area contributed by atoms with E-state index in [2.05, 4.69) is 32.5 Å². The lowest BCUT2D eigenvalue weighted by molar-refractivity contribution is 0.408. The maximum Gasteiger partial charge on any atom is 0.188 e. The third kappa shape index (κ3) is 2.84. The van der Waals surface area contributed by atoms with Crippen molar-refractivity contribution in [3.63, 3.8) is 0 Å². The number of hydrogen-bond donors (Lipinski definition) is 1. The Morgan fingerprint density at radius 3 is 3.06 bits per heavy atom. The van der Waals surface area contributed by atoms with E-state index < -0.39 is 0 Å². The van der Waals surface area contributed by atoms with E-state index in [1.165, 1.54) is 4.88 Å². The Balaban J connectivity index is 1.85. The normalized spacial score (nSPS) is 10.6. The number of rotatable bonds is 5. The zero-order chi connectivity index (χ0) is 11.4. The van der Waals surface area contributed by atoms with Crippen molar-refractivity contribution in [3.05, 3.63) is 33.4 Å². The fraction of sp³-hybridized carbons (Fsp3) is 0.300. The summed E-state index contributed by atoms with van der Waals surface area (Å²) in [6.45, 7) is 1.49. The summed E-state index contributed by atoms with van der Waals surface area (Å²) < 4.78 is 10.9. The highest BCUT2D eigenvalue weighted by atomic mass is 79.9. The fourth-order valence-electron chi connectivity index (χ4n) is 1.27. The molecule has 0 saturated heterocycles. The molecule has 0 aliphatic carbocycles. The van der Waals surface area contributed by atoms with Gasteiger partial charge in [0.25, 0.3) is 0 Å². The Bertz CT molecular complexity index is 442. The van der Waals surface area contributed by atoms with Gasteiger partial charge in [0.1, 0.15) is 6.26 Å². The lowest BCUT2D eigenvalue weighted by Crippen LogP contribution is -2.11. The molecule has 0 fully saturated rings. The van der Waals surface area contributed by atoms with Gasteiger partial charge in [0.2, 0.25) is 0 Å². The molecule has 6 heteroatoms. The fourth-order valence-corrected chi connectivity index (χ4v) is 2.93. The molecule has 0 bridgehead atoms. The predicted molar refractivity (Wildman–Crippen MR) is 65.6 cm³/mol. The monoisotopic (exact) mass is 302 g/mol. The van der Waals surface area contributed by atoms with Gasteiger partial charge >= 0.3 is 0 Å². The molecule has 4 nitrogen and oxygen atoms in total. The minimum Gasteiger partial charge on any atom is -0.486 e. The van der Waals surface area contributed by atoms with Crippen molar-refractivity contribution in [2.75, 3.05) is 7.11 Å². The van der Waals surface area contributed by atoms with Crippen LogP contribution in [0.2, 0.25) is 0 Å². The first-order valence-corrected chi connectivity index (χ1v) is 6.32. The third-order valence-electron chi connectivity index (χ3n) is 1.99. The van der Waals surface area contributed by atoms with Crippen molar-refractivity contribution in [3.8, 4) is 5.06 Å². The molecule has 0 amide bonds. The Morgan fingerprint density at radius 2 is 2.44 bits per heavy atom. The molecule has 2 aromatic rings. The lowest BCUT2D eigenvalue weighted by Gasteiger charge is -1.98. The summed E-state index contributed by atoms with van der Waals surface area (Å²) in [5.74, 6) is 0. The smallest absolute Gasteiger partial charge is 0.188 e. The van der Waals surface area contributed by atoms with Gasteiger partial charge in [-0.3, -0.25) is 0 Å². The summed E-state index contributed by atoms with van der Waals surface area (Å²) in [5.41, 5.74) is 0.905. The van der Waals surface area contributed by atoms with Crippen molar-refractivity contribution >= 4 is 27.3 Å². The molecule has 1 N–H and O–H groups in total. The van der Waals surface area contributed by atoms with Crippen molar-refractivity contribution in [2.45, 2.75) is 13.1 Å². The van der Waals surface area contributed by atoms with Crippen LogP contribution in [0.4, 0.5) is 0 Å². The Kier molecular flexibility index (Phi) is 3.98. The Morgan fingerprint density at radius 1 is 1.56 bits per heavy atom. The molecule has 2 aromatic heterocycles. The van der Waals surface area contributed by atoms with Gasteiger partial charge in [-0.2, -0.15) is 0 Å². The van der Waals surface area contributed by atoms with Crippen molar-refractivity contribution in [1.82, 2.24) is 10.5 Å². The Labute approximate surface area is 106 Å². The maximum absolute atomic E-state index is 5.19. The third-order valence-corrected chi connectivity index (χ3v) is 3.94. The van der Waals surface area contributed by atoms with E-state index in [1.54, 1.807) is 24.7 Å². The van der Waals surface area contributed by atoms with Gasteiger partial charge in [-0.05, 0) is 22.0 Å². The van der Waals surface area contributed by atoms with Gasteiger partial charge in [-0.1, -0.05) is 5.16 Å². The minimum atomic E-state index is 0.703. The predicted octanol–water partition coefficient (Wildman–Crippen LogP) is 2.80. The van der Waals surface area contributed by atoms with E-state index in [-0.39, 0.29) is 0 Å². The molecular weight excluding hydrogens is 292 g/mol. The van der Waals surface area contributed by atoms with Crippen LogP contribution in [-0.2, 0) is 13.1 Å². The first-order valence-electron chi connectivity index (χ1n) is 4.72. The van der Waals surface area contributed by atoms with E-state index >= 15 is 0 Å². The van der Waals surface area contributed by atoms with Gasteiger partial charge in [0.05, 0.1) is 17.3 Å². The van der Waals surface area contributed by atoms with Crippen LogP contribution < -0.4 is 10.1 Å². The van der Waals surface area contributed by atoms with Crippen LogP contribution in [0.15, 0.2) is 27.4 Å². The van der Waals surface area contributed by atoms with Crippen LogP contribution >= 0.6 is 27.3 Å². The van der Waals surface area contributed by atoms with Crippen LogP contribution in [0, 0.1) is 0 Å². The summed E-state index contributed by atoms with van der Waals surface area (Å²) in [6.07, 6.45) is 1.57. The summed E-state index contributed by atoms with van der Waals surface area (Å²) in [5, 5.41) is 8.00. The molecule has 0 aliphatic heterocycles. The topological polar surface area (TPSA) is 47.3 Å². The van der Waals surface area contributed by atoms with E-state index in [0.29, 0.717) is 6.54 Å². The molecular formula is C10H11BrN2O2S. The van der Waals surface area contributed by atoms with Gasteiger partial charge in [0, 0.05) is 24.0 Å². The number of ether oxygens (including phenoxy) is 1. The molecule has 16 heavy (non-hydrogen) atoms. The average Bonchev–Trinajstić information content (AvgIpc) is 2.88. The van der Waals surface area contributed by atoms with Crippen LogP contribution in [-0.4, -0.2) is 12.3 Å². The van der Waals surface area contributed by atoms with Crippen molar-refractivity contribution in [2.24, 2.45) is 0 Å². The highest BCUT2D eigenvalue weighted by Gasteiger charge is 2.06. The van der Waals surface area contributed by atoms with E-state index in [1.807, 2.05) is 6.07 Å². The molecule has 0 atom stereocenters. The second-order valence-corrected chi connectivity index (χ2v) is 5.10. The molecule has 0 radical (unpaired) electrons. The van der Waals surface area contributed by atoms with Gasteiger partial charge in [-0.15, -0.1) is 11.3 Å². The Hall–Kier alpha value is -0.850. The van der Waals surface area contributed by atoms with Gasteiger partial charge < -0.3 is 14.6 Å². The summed E-state index contributed by atoms with van der Waals surface area (Å²) in [4.78, 5) is 1.22. The second-order valence-electron chi connectivity index (χ2n) is 3.15. The molecule has 0 saturated carbocycles. The number of methoxy groups -OCH3 is 1. The summed E-state index contributed by atoms with van der Waals surface area (Å²) >= 11 is 5.06. The molecule has 2 heterocycles.